The second-order valence-electron chi connectivity index (χ2n) is 6.05. The third kappa shape index (κ3) is 1.84. The van der Waals surface area contributed by atoms with Gasteiger partial charge in [0.1, 0.15) is 5.01 Å². The summed E-state index contributed by atoms with van der Waals surface area (Å²) in [6.45, 7) is 0. The minimum absolute atomic E-state index is 0.0334. The smallest absolute Gasteiger partial charge is 0.114 e. The lowest BCUT2D eigenvalue weighted by Crippen LogP contribution is -2.40. The van der Waals surface area contributed by atoms with Gasteiger partial charge in [0.05, 0.1) is 11.2 Å². The van der Waals surface area contributed by atoms with Crippen LogP contribution >= 0.6 is 11.3 Å². The summed E-state index contributed by atoms with van der Waals surface area (Å²) in [7, 11) is 2.09. The molecule has 1 N–H and O–H groups in total. The maximum absolute atomic E-state index is 5.01. The Labute approximate surface area is 124 Å². The number of rotatable bonds is 2. The third-order valence-electron chi connectivity index (χ3n) is 4.84. The van der Waals surface area contributed by atoms with Gasteiger partial charge in [0.2, 0.25) is 0 Å². The number of hydrogen-bond acceptors (Lipinski definition) is 3. The molecule has 3 heteroatoms. The van der Waals surface area contributed by atoms with Gasteiger partial charge in [0.15, 0.2) is 0 Å². The monoisotopic (exact) mass is 284 g/mol. The van der Waals surface area contributed by atoms with E-state index in [9.17, 15) is 0 Å². The largest absolute Gasteiger partial charge is 0.308 e. The fourth-order valence-electron chi connectivity index (χ4n) is 3.61. The third-order valence-corrected chi connectivity index (χ3v) is 6.20. The molecule has 1 aromatic carbocycles. The summed E-state index contributed by atoms with van der Waals surface area (Å²) in [6, 6.07) is 8.83. The highest BCUT2D eigenvalue weighted by molar-refractivity contribution is 7.11. The number of fused-ring (bicyclic) bond motifs is 2. The molecule has 2 aliphatic carbocycles. The SMILES string of the molecule is CNC1(c2nc3c(s2)CCCC3)Cc2ccccc2C1. The van der Waals surface area contributed by atoms with Gasteiger partial charge in [0.25, 0.3) is 0 Å². The molecular formula is C17H20N2S. The topological polar surface area (TPSA) is 24.9 Å². The summed E-state index contributed by atoms with van der Waals surface area (Å²) in [6.07, 6.45) is 7.21. The summed E-state index contributed by atoms with van der Waals surface area (Å²) in [5, 5.41) is 4.91. The second kappa shape index (κ2) is 4.68. The zero-order valence-electron chi connectivity index (χ0n) is 11.9. The molecule has 2 aliphatic rings. The molecule has 0 radical (unpaired) electrons. The summed E-state index contributed by atoms with van der Waals surface area (Å²) >= 11 is 1.95. The van der Waals surface area contributed by atoms with Crippen LogP contribution in [0.15, 0.2) is 24.3 Å². The summed E-state index contributed by atoms with van der Waals surface area (Å²) in [5.74, 6) is 0. The van der Waals surface area contributed by atoms with E-state index in [1.54, 1.807) is 0 Å². The molecule has 0 fully saturated rings. The Kier molecular flexibility index (Phi) is 2.93. The molecule has 1 aromatic heterocycles. The van der Waals surface area contributed by atoms with E-state index < -0.39 is 0 Å². The standard InChI is InChI=1S/C17H20N2S/c1-18-17(10-12-6-2-3-7-13(12)11-17)16-19-14-8-4-5-9-15(14)20-16/h2-3,6-7,18H,4-5,8-11H2,1H3. The second-order valence-corrected chi connectivity index (χ2v) is 7.13. The Morgan fingerprint density at radius 3 is 2.45 bits per heavy atom. The van der Waals surface area contributed by atoms with Crippen LogP contribution in [0.1, 0.15) is 39.5 Å². The van der Waals surface area contributed by atoms with Crippen LogP contribution in [0.2, 0.25) is 0 Å². The van der Waals surface area contributed by atoms with E-state index in [4.69, 9.17) is 4.98 Å². The van der Waals surface area contributed by atoms with Crippen molar-refractivity contribution in [1.29, 1.82) is 0 Å². The van der Waals surface area contributed by atoms with Gasteiger partial charge in [-0.25, -0.2) is 4.98 Å². The number of nitrogens with zero attached hydrogens (tertiary/aromatic N) is 1. The Bertz CT molecular complexity index is 596. The zero-order chi connectivity index (χ0) is 13.6. The molecule has 0 saturated heterocycles. The van der Waals surface area contributed by atoms with Gasteiger partial charge in [-0.3, -0.25) is 0 Å². The predicted octanol–water partition coefficient (Wildman–Crippen LogP) is 3.24. The zero-order valence-corrected chi connectivity index (χ0v) is 12.7. The van der Waals surface area contributed by atoms with Gasteiger partial charge in [-0.05, 0) is 56.7 Å². The first-order valence-corrected chi connectivity index (χ1v) is 8.37. The lowest BCUT2D eigenvalue weighted by atomic mass is 9.96. The molecule has 0 unspecified atom stereocenters. The summed E-state index contributed by atoms with van der Waals surface area (Å²) in [4.78, 5) is 6.55. The van der Waals surface area contributed by atoms with Crippen LogP contribution in [-0.4, -0.2) is 12.0 Å². The molecule has 104 valence electrons. The highest BCUT2D eigenvalue weighted by Gasteiger charge is 2.40. The summed E-state index contributed by atoms with van der Waals surface area (Å²) < 4.78 is 0. The first-order valence-electron chi connectivity index (χ1n) is 7.55. The van der Waals surface area contributed by atoms with Crippen molar-refractivity contribution in [3.05, 3.63) is 51.0 Å². The van der Waals surface area contributed by atoms with Gasteiger partial charge in [0, 0.05) is 4.88 Å². The van der Waals surface area contributed by atoms with Gasteiger partial charge in [-0.1, -0.05) is 24.3 Å². The van der Waals surface area contributed by atoms with E-state index in [2.05, 4.69) is 36.6 Å². The lowest BCUT2D eigenvalue weighted by Gasteiger charge is -2.26. The predicted molar refractivity (Wildman–Crippen MR) is 83.3 cm³/mol. The van der Waals surface area contributed by atoms with Crippen molar-refractivity contribution in [2.75, 3.05) is 7.05 Å². The molecule has 0 amide bonds. The van der Waals surface area contributed by atoms with Crippen LogP contribution in [0, 0.1) is 0 Å². The van der Waals surface area contributed by atoms with E-state index in [0.717, 1.165) is 12.8 Å². The number of aromatic nitrogens is 1. The molecule has 2 aromatic rings. The first-order chi connectivity index (χ1) is 9.81. The molecule has 0 bridgehead atoms. The molecule has 0 spiro atoms. The minimum Gasteiger partial charge on any atom is -0.308 e. The van der Waals surface area contributed by atoms with Gasteiger partial charge >= 0.3 is 0 Å². The highest BCUT2D eigenvalue weighted by atomic mass is 32.1. The van der Waals surface area contributed by atoms with Crippen molar-refractivity contribution < 1.29 is 0 Å². The minimum atomic E-state index is 0.0334. The Hall–Kier alpha value is -1.19. The van der Waals surface area contributed by atoms with E-state index >= 15 is 0 Å². The highest BCUT2D eigenvalue weighted by Crippen LogP contribution is 2.41. The van der Waals surface area contributed by atoms with Crippen molar-refractivity contribution in [2.45, 2.75) is 44.1 Å². The Morgan fingerprint density at radius 2 is 1.80 bits per heavy atom. The number of benzene rings is 1. The van der Waals surface area contributed by atoms with E-state index in [0.29, 0.717) is 0 Å². The quantitative estimate of drug-likeness (QED) is 0.916. The van der Waals surface area contributed by atoms with Crippen molar-refractivity contribution in [3.63, 3.8) is 0 Å². The molecule has 1 heterocycles. The molecule has 4 rings (SSSR count). The van der Waals surface area contributed by atoms with Crippen LogP contribution in [0.4, 0.5) is 0 Å². The first kappa shape index (κ1) is 12.5. The van der Waals surface area contributed by atoms with Gasteiger partial charge in [-0.15, -0.1) is 11.3 Å². The Balaban J connectivity index is 1.74. The van der Waals surface area contributed by atoms with Crippen LogP contribution in [0.25, 0.3) is 0 Å². The maximum Gasteiger partial charge on any atom is 0.114 e. The average Bonchev–Trinajstić information content (AvgIpc) is 3.08. The van der Waals surface area contributed by atoms with Crippen LogP contribution < -0.4 is 5.32 Å². The van der Waals surface area contributed by atoms with Crippen molar-refractivity contribution in [3.8, 4) is 0 Å². The van der Waals surface area contributed by atoms with Crippen LogP contribution in [0.5, 0.6) is 0 Å². The van der Waals surface area contributed by atoms with E-state index in [1.807, 2.05) is 11.3 Å². The van der Waals surface area contributed by atoms with Crippen molar-refractivity contribution in [1.82, 2.24) is 10.3 Å². The number of hydrogen-bond donors (Lipinski definition) is 1. The number of thiazole rings is 1. The van der Waals surface area contributed by atoms with Gasteiger partial charge < -0.3 is 5.32 Å². The molecular weight excluding hydrogens is 264 g/mol. The molecule has 0 saturated carbocycles. The molecule has 2 nitrogen and oxygen atoms in total. The number of aryl methyl sites for hydroxylation is 2. The summed E-state index contributed by atoms with van der Waals surface area (Å²) in [5.41, 5.74) is 4.37. The number of likely N-dealkylation sites (N-methyl/N-ethyl adjacent to an activating group) is 1. The molecule has 0 atom stereocenters. The van der Waals surface area contributed by atoms with E-state index in [1.165, 1.54) is 52.4 Å². The molecule has 20 heavy (non-hydrogen) atoms. The maximum atomic E-state index is 5.01. The average molecular weight is 284 g/mol. The van der Waals surface area contributed by atoms with Crippen LogP contribution in [-0.2, 0) is 31.2 Å². The van der Waals surface area contributed by atoms with Crippen molar-refractivity contribution >= 4 is 11.3 Å². The normalized spacial score (nSPS) is 19.6. The van der Waals surface area contributed by atoms with Crippen molar-refractivity contribution in [2.24, 2.45) is 0 Å². The fraction of sp³-hybridized carbons (Fsp3) is 0.471. The molecule has 0 aliphatic heterocycles. The fourth-order valence-corrected chi connectivity index (χ4v) is 4.95. The van der Waals surface area contributed by atoms with E-state index in [-0.39, 0.29) is 5.54 Å². The van der Waals surface area contributed by atoms with Crippen LogP contribution in [0.3, 0.4) is 0 Å². The van der Waals surface area contributed by atoms with Gasteiger partial charge in [-0.2, -0.15) is 0 Å². The lowest BCUT2D eigenvalue weighted by molar-refractivity contribution is 0.378. The Morgan fingerprint density at radius 1 is 1.10 bits per heavy atom. The number of nitrogens with one attached hydrogen (secondary N) is 1.